The van der Waals surface area contributed by atoms with Crippen molar-refractivity contribution in [1.29, 1.82) is 0 Å². The normalized spacial score (nSPS) is 12.9. The quantitative estimate of drug-likeness (QED) is 0.522. The van der Waals surface area contributed by atoms with E-state index in [4.69, 9.17) is 9.47 Å². The third-order valence-electron chi connectivity index (χ3n) is 4.74. The van der Waals surface area contributed by atoms with Gasteiger partial charge in [0.05, 0.1) is 7.11 Å². The van der Waals surface area contributed by atoms with E-state index in [9.17, 15) is 5.11 Å². The molecule has 0 heterocycles. The van der Waals surface area contributed by atoms with Crippen molar-refractivity contribution < 1.29 is 14.6 Å². The predicted octanol–water partition coefficient (Wildman–Crippen LogP) is 4.14. The standard InChI is InChI=1S/C24H27NO3/c1-27-22-12-14-23(15-13-22)28-19-24(26,21-10-6-3-7-11-21)16-17-25-18-20-8-4-2-5-9-20/h2-15,25-26H,16-19H2,1H3. The van der Waals surface area contributed by atoms with Crippen LogP contribution >= 0.6 is 0 Å². The molecule has 4 nitrogen and oxygen atoms in total. The predicted molar refractivity (Wildman–Crippen MR) is 112 cm³/mol. The van der Waals surface area contributed by atoms with Crippen LogP contribution in [0, 0.1) is 0 Å². The summed E-state index contributed by atoms with van der Waals surface area (Å²) in [6.45, 7) is 1.62. The van der Waals surface area contributed by atoms with E-state index in [0.717, 1.165) is 17.9 Å². The SMILES string of the molecule is COc1ccc(OCC(O)(CCNCc2ccccc2)c2ccccc2)cc1. The van der Waals surface area contributed by atoms with Crippen LogP contribution in [0.15, 0.2) is 84.9 Å². The largest absolute Gasteiger partial charge is 0.497 e. The molecule has 4 heteroatoms. The van der Waals surface area contributed by atoms with Gasteiger partial charge in [-0.25, -0.2) is 0 Å². The molecule has 0 amide bonds. The Morgan fingerprint density at radius 3 is 2.07 bits per heavy atom. The molecule has 0 aromatic heterocycles. The highest BCUT2D eigenvalue weighted by Gasteiger charge is 2.30. The molecule has 0 fully saturated rings. The summed E-state index contributed by atoms with van der Waals surface area (Å²) in [5.74, 6) is 1.48. The molecule has 2 N–H and O–H groups in total. The summed E-state index contributed by atoms with van der Waals surface area (Å²) in [4.78, 5) is 0. The number of benzene rings is 3. The lowest BCUT2D eigenvalue weighted by atomic mass is 9.91. The molecule has 0 bridgehead atoms. The molecule has 146 valence electrons. The fourth-order valence-electron chi connectivity index (χ4n) is 3.05. The summed E-state index contributed by atoms with van der Waals surface area (Å²) in [6.07, 6.45) is 0.542. The minimum Gasteiger partial charge on any atom is -0.497 e. The van der Waals surface area contributed by atoms with Crippen LogP contribution in [0.2, 0.25) is 0 Å². The van der Waals surface area contributed by atoms with Gasteiger partial charge in [0, 0.05) is 6.54 Å². The monoisotopic (exact) mass is 377 g/mol. The Bertz CT molecular complexity index is 821. The van der Waals surface area contributed by atoms with Crippen molar-refractivity contribution in [3.8, 4) is 11.5 Å². The van der Waals surface area contributed by atoms with Gasteiger partial charge in [0.15, 0.2) is 0 Å². The molecule has 0 saturated carbocycles. The van der Waals surface area contributed by atoms with E-state index in [1.54, 1.807) is 7.11 Å². The lowest BCUT2D eigenvalue weighted by molar-refractivity contribution is -0.0166. The van der Waals surface area contributed by atoms with E-state index in [2.05, 4.69) is 17.4 Å². The Labute approximate surface area is 166 Å². The first kappa shape index (κ1) is 19.9. The molecular weight excluding hydrogens is 350 g/mol. The molecule has 0 aliphatic carbocycles. The second-order valence-electron chi connectivity index (χ2n) is 6.77. The van der Waals surface area contributed by atoms with Crippen molar-refractivity contribution in [1.82, 2.24) is 5.32 Å². The van der Waals surface area contributed by atoms with Gasteiger partial charge in [0.25, 0.3) is 0 Å². The van der Waals surface area contributed by atoms with E-state index >= 15 is 0 Å². The van der Waals surface area contributed by atoms with E-state index < -0.39 is 5.60 Å². The van der Waals surface area contributed by atoms with Crippen LogP contribution in [0.3, 0.4) is 0 Å². The van der Waals surface area contributed by atoms with Gasteiger partial charge in [-0.05, 0) is 48.4 Å². The van der Waals surface area contributed by atoms with Gasteiger partial charge in [-0.15, -0.1) is 0 Å². The zero-order chi connectivity index (χ0) is 19.7. The van der Waals surface area contributed by atoms with Gasteiger partial charge in [0.1, 0.15) is 23.7 Å². The van der Waals surface area contributed by atoms with Gasteiger partial charge >= 0.3 is 0 Å². The zero-order valence-corrected chi connectivity index (χ0v) is 16.2. The van der Waals surface area contributed by atoms with Crippen LogP contribution in [-0.4, -0.2) is 25.4 Å². The number of hydrogen-bond acceptors (Lipinski definition) is 4. The van der Waals surface area contributed by atoms with Crippen LogP contribution in [0.4, 0.5) is 0 Å². The fraction of sp³-hybridized carbons (Fsp3) is 0.250. The minimum atomic E-state index is -1.08. The number of aliphatic hydroxyl groups is 1. The van der Waals surface area contributed by atoms with Crippen LogP contribution in [0.1, 0.15) is 17.5 Å². The number of nitrogens with one attached hydrogen (secondary N) is 1. The maximum absolute atomic E-state index is 11.4. The number of ether oxygens (including phenoxy) is 2. The summed E-state index contributed by atoms with van der Waals surface area (Å²) in [5.41, 5.74) is 0.996. The van der Waals surface area contributed by atoms with Gasteiger partial charge in [-0.1, -0.05) is 60.7 Å². The molecule has 0 aliphatic rings. The molecule has 0 saturated heterocycles. The zero-order valence-electron chi connectivity index (χ0n) is 16.2. The summed E-state index contributed by atoms with van der Waals surface area (Å²) in [7, 11) is 1.63. The number of methoxy groups -OCH3 is 1. The van der Waals surface area contributed by atoms with Crippen molar-refractivity contribution in [2.45, 2.75) is 18.6 Å². The Morgan fingerprint density at radius 2 is 1.43 bits per heavy atom. The molecule has 3 rings (SSSR count). The van der Waals surface area contributed by atoms with Crippen molar-refractivity contribution in [3.05, 3.63) is 96.1 Å². The van der Waals surface area contributed by atoms with Crippen molar-refractivity contribution in [2.24, 2.45) is 0 Å². The number of hydrogen-bond donors (Lipinski definition) is 2. The molecule has 0 spiro atoms. The summed E-state index contributed by atoms with van der Waals surface area (Å²) in [6, 6.07) is 27.3. The average Bonchev–Trinajstić information content (AvgIpc) is 2.77. The molecule has 1 unspecified atom stereocenters. The van der Waals surface area contributed by atoms with E-state index in [1.165, 1.54) is 5.56 Å². The van der Waals surface area contributed by atoms with E-state index in [1.807, 2.05) is 72.8 Å². The molecule has 0 aliphatic heterocycles. The second kappa shape index (κ2) is 9.93. The van der Waals surface area contributed by atoms with Crippen LogP contribution in [0.25, 0.3) is 0 Å². The maximum atomic E-state index is 11.4. The maximum Gasteiger partial charge on any atom is 0.125 e. The van der Waals surface area contributed by atoms with Crippen LogP contribution < -0.4 is 14.8 Å². The highest BCUT2D eigenvalue weighted by atomic mass is 16.5. The first-order valence-corrected chi connectivity index (χ1v) is 9.49. The van der Waals surface area contributed by atoms with Crippen molar-refractivity contribution >= 4 is 0 Å². The van der Waals surface area contributed by atoms with Gasteiger partial charge in [0.2, 0.25) is 0 Å². The summed E-state index contributed by atoms with van der Waals surface area (Å²) < 4.78 is 11.1. The molecule has 28 heavy (non-hydrogen) atoms. The van der Waals surface area contributed by atoms with Gasteiger partial charge in [-0.3, -0.25) is 0 Å². The highest BCUT2D eigenvalue weighted by Crippen LogP contribution is 2.27. The van der Waals surface area contributed by atoms with Crippen molar-refractivity contribution in [2.75, 3.05) is 20.3 Å². The van der Waals surface area contributed by atoms with Crippen molar-refractivity contribution in [3.63, 3.8) is 0 Å². The molecule has 3 aromatic rings. The lowest BCUT2D eigenvalue weighted by Crippen LogP contribution is -2.36. The first-order chi connectivity index (χ1) is 13.7. The third-order valence-corrected chi connectivity index (χ3v) is 4.74. The Kier molecular flexibility index (Phi) is 7.06. The Balaban J connectivity index is 1.61. The highest BCUT2D eigenvalue weighted by molar-refractivity contribution is 5.31. The second-order valence-corrected chi connectivity index (χ2v) is 6.77. The topological polar surface area (TPSA) is 50.7 Å². The van der Waals surface area contributed by atoms with Gasteiger partial charge < -0.3 is 19.9 Å². The van der Waals surface area contributed by atoms with Crippen LogP contribution in [0.5, 0.6) is 11.5 Å². The van der Waals surface area contributed by atoms with Crippen LogP contribution in [-0.2, 0) is 12.1 Å². The average molecular weight is 377 g/mol. The van der Waals surface area contributed by atoms with Gasteiger partial charge in [-0.2, -0.15) is 0 Å². The summed E-state index contributed by atoms with van der Waals surface area (Å²) in [5, 5.41) is 14.8. The fourth-order valence-corrected chi connectivity index (χ4v) is 3.05. The Morgan fingerprint density at radius 1 is 0.821 bits per heavy atom. The van der Waals surface area contributed by atoms with E-state index in [0.29, 0.717) is 18.7 Å². The smallest absolute Gasteiger partial charge is 0.125 e. The molecule has 1 atom stereocenters. The minimum absolute atomic E-state index is 0.177. The molecule has 0 radical (unpaired) electrons. The number of rotatable bonds is 10. The summed E-state index contributed by atoms with van der Waals surface area (Å²) >= 11 is 0. The Hall–Kier alpha value is -2.82. The molecular formula is C24H27NO3. The molecule has 3 aromatic carbocycles. The third kappa shape index (κ3) is 5.59. The lowest BCUT2D eigenvalue weighted by Gasteiger charge is -2.29. The van der Waals surface area contributed by atoms with E-state index in [-0.39, 0.29) is 6.61 Å². The first-order valence-electron chi connectivity index (χ1n) is 9.49.